The minimum absolute atomic E-state index is 0.00507. The van der Waals surface area contributed by atoms with Gasteiger partial charge in [0.15, 0.2) is 0 Å². The van der Waals surface area contributed by atoms with Gasteiger partial charge in [0.2, 0.25) is 11.5 Å². The van der Waals surface area contributed by atoms with E-state index in [2.05, 4.69) is 12.2 Å². The fourth-order valence-corrected chi connectivity index (χ4v) is 7.38. The van der Waals surface area contributed by atoms with Crippen molar-refractivity contribution < 1.29 is 43.7 Å². The fourth-order valence-electron chi connectivity index (χ4n) is 7.38. The second-order valence-corrected chi connectivity index (χ2v) is 13.7. The highest BCUT2D eigenvalue weighted by atomic mass is 16.6. The zero-order valence-electron chi connectivity index (χ0n) is 29.4. The molecule has 0 saturated heterocycles. The minimum atomic E-state index is -1.86. The Bertz CT molecular complexity index is 1700. The molecule has 50 heavy (non-hydrogen) atoms. The number of carbonyl (C=O) groups is 5. The van der Waals surface area contributed by atoms with E-state index in [1.165, 1.54) is 0 Å². The van der Waals surface area contributed by atoms with Crippen molar-refractivity contribution in [1.29, 1.82) is 0 Å². The molecule has 3 atom stereocenters. The molecule has 3 aliphatic rings. The van der Waals surface area contributed by atoms with Gasteiger partial charge in [-0.1, -0.05) is 52.4 Å². The number of nitrogens with zero attached hydrogens (tertiary/aromatic N) is 3. The van der Waals surface area contributed by atoms with Crippen LogP contribution in [0.4, 0.5) is 0 Å². The van der Waals surface area contributed by atoms with Crippen LogP contribution in [0.1, 0.15) is 107 Å². The van der Waals surface area contributed by atoms with Gasteiger partial charge < -0.3 is 34.8 Å². The second kappa shape index (κ2) is 15.6. The maximum atomic E-state index is 14.1. The van der Waals surface area contributed by atoms with Crippen LogP contribution in [0.3, 0.4) is 0 Å². The number of benzene rings is 1. The number of pyridine rings is 1. The van der Waals surface area contributed by atoms with Crippen molar-refractivity contribution in [3.8, 4) is 5.75 Å². The Kier molecular flexibility index (Phi) is 11.4. The molecule has 5 rings (SSSR count). The highest BCUT2D eigenvalue weighted by Crippen LogP contribution is 2.49. The Morgan fingerprint density at radius 3 is 2.56 bits per heavy atom. The largest absolute Gasteiger partial charge is 0.508 e. The SMILES string of the molecule is CCCCCCCCC(NC(=O)CCC(=O)O[C@]1(CC)C(=O)OCC2=C1CC1c3nc4ccc(O)cc4c(CN(C)C)c3CN1C2=O)C(=O)O. The summed E-state index contributed by atoms with van der Waals surface area (Å²) in [6.07, 6.45) is 5.65. The first kappa shape index (κ1) is 36.8. The summed E-state index contributed by atoms with van der Waals surface area (Å²) in [5, 5.41) is 23.2. The minimum Gasteiger partial charge on any atom is -0.508 e. The number of hydrogen-bond donors (Lipinski definition) is 3. The number of unbranched alkanes of at least 4 members (excludes halogenated alkanes) is 5. The van der Waals surface area contributed by atoms with E-state index in [0.29, 0.717) is 36.2 Å². The lowest BCUT2D eigenvalue weighted by Gasteiger charge is -2.42. The molecule has 3 aliphatic heterocycles. The lowest BCUT2D eigenvalue weighted by atomic mass is 9.78. The molecule has 0 saturated carbocycles. The van der Waals surface area contributed by atoms with Crippen molar-refractivity contribution in [3.05, 3.63) is 46.2 Å². The average Bonchev–Trinajstić information content (AvgIpc) is 3.44. The number of phenolic OH excluding ortho intramolecular Hbond substituents is 1. The highest BCUT2D eigenvalue weighted by Gasteiger charge is 2.56. The van der Waals surface area contributed by atoms with Crippen molar-refractivity contribution in [2.45, 2.75) is 115 Å². The van der Waals surface area contributed by atoms with Crippen LogP contribution in [-0.2, 0) is 46.5 Å². The monoisotopic (exact) mass is 692 g/mol. The number of nitrogens with one attached hydrogen (secondary N) is 1. The van der Waals surface area contributed by atoms with Crippen LogP contribution in [0, 0.1) is 0 Å². The van der Waals surface area contributed by atoms with Gasteiger partial charge in [-0.15, -0.1) is 0 Å². The van der Waals surface area contributed by atoms with Crippen LogP contribution in [0.15, 0.2) is 29.3 Å². The summed E-state index contributed by atoms with van der Waals surface area (Å²) in [6.45, 7) is 4.37. The van der Waals surface area contributed by atoms with E-state index >= 15 is 0 Å². The maximum absolute atomic E-state index is 14.1. The standard InChI is InChI=1S/C37H48N4O9/c1-5-7-8-9-10-11-12-29(35(46)47)38-31(43)15-16-32(44)50-37(6-2)27-18-30-33-25(20-41(30)34(45)26(27)21-49-36(37)48)24(19-40(3)4)23-17-22(42)13-14-28(23)39-33/h13-14,17,29-30,42H,5-12,15-16,18-21H2,1-4H3,(H,38,43)(H,46,47)/t29?,30?,37-/m0/s1. The van der Waals surface area contributed by atoms with E-state index in [4.69, 9.17) is 14.5 Å². The van der Waals surface area contributed by atoms with Crippen LogP contribution < -0.4 is 5.32 Å². The third-order valence-electron chi connectivity index (χ3n) is 9.98. The number of esters is 2. The summed E-state index contributed by atoms with van der Waals surface area (Å²) in [4.78, 5) is 73.9. The summed E-state index contributed by atoms with van der Waals surface area (Å²) in [5.74, 6) is -3.58. The third-order valence-corrected chi connectivity index (χ3v) is 9.98. The molecule has 3 N–H and O–H groups in total. The lowest BCUT2D eigenvalue weighted by molar-refractivity contribution is -0.182. The van der Waals surface area contributed by atoms with Gasteiger partial charge in [0.1, 0.15) is 18.4 Å². The molecule has 2 aromatic rings. The number of fused-ring (bicyclic) bond motifs is 4. The molecule has 0 fully saturated rings. The van der Waals surface area contributed by atoms with Gasteiger partial charge in [-0.3, -0.25) is 19.4 Å². The Hall–Kier alpha value is -4.52. The van der Waals surface area contributed by atoms with E-state index in [1.54, 1.807) is 30.0 Å². The van der Waals surface area contributed by atoms with Crippen LogP contribution in [0.2, 0.25) is 0 Å². The molecule has 13 nitrogen and oxygen atoms in total. The second-order valence-electron chi connectivity index (χ2n) is 13.7. The first-order valence-corrected chi connectivity index (χ1v) is 17.6. The van der Waals surface area contributed by atoms with E-state index in [1.807, 2.05) is 19.0 Å². The van der Waals surface area contributed by atoms with Gasteiger partial charge >= 0.3 is 17.9 Å². The summed E-state index contributed by atoms with van der Waals surface area (Å²) in [6, 6.07) is 3.40. The van der Waals surface area contributed by atoms with Gasteiger partial charge in [0.05, 0.1) is 29.2 Å². The van der Waals surface area contributed by atoms with Crippen molar-refractivity contribution in [2.75, 3.05) is 20.7 Å². The maximum Gasteiger partial charge on any atom is 0.355 e. The zero-order valence-corrected chi connectivity index (χ0v) is 29.4. The Morgan fingerprint density at radius 2 is 1.86 bits per heavy atom. The first-order chi connectivity index (χ1) is 23.9. The number of carbonyl (C=O) groups excluding carboxylic acids is 4. The molecule has 2 amide bonds. The Morgan fingerprint density at radius 1 is 1.12 bits per heavy atom. The molecule has 13 heteroatoms. The molecular weight excluding hydrogens is 644 g/mol. The summed E-state index contributed by atoms with van der Waals surface area (Å²) >= 11 is 0. The number of cyclic esters (lactones) is 1. The molecule has 1 aromatic heterocycles. The van der Waals surface area contributed by atoms with E-state index in [9.17, 15) is 34.2 Å². The number of amides is 2. The molecular formula is C37H48N4O9. The van der Waals surface area contributed by atoms with Gasteiger partial charge in [-0.2, -0.15) is 0 Å². The molecule has 4 heterocycles. The highest BCUT2D eigenvalue weighted by molar-refractivity contribution is 6.02. The van der Waals surface area contributed by atoms with Crippen molar-refractivity contribution in [1.82, 2.24) is 20.1 Å². The summed E-state index contributed by atoms with van der Waals surface area (Å²) in [7, 11) is 3.87. The van der Waals surface area contributed by atoms with Crippen molar-refractivity contribution in [2.24, 2.45) is 0 Å². The smallest absolute Gasteiger partial charge is 0.355 e. The normalized spacial score (nSPS) is 20.3. The van der Waals surface area contributed by atoms with Crippen LogP contribution in [0.5, 0.6) is 5.75 Å². The van der Waals surface area contributed by atoms with Crippen LogP contribution in [0.25, 0.3) is 10.9 Å². The lowest BCUT2D eigenvalue weighted by Crippen LogP contribution is -2.54. The van der Waals surface area contributed by atoms with Crippen molar-refractivity contribution in [3.63, 3.8) is 0 Å². The molecule has 1 aromatic carbocycles. The number of rotatable bonds is 16. The predicted molar refractivity (Wildman–Crippen MR) is 183 cm³/mol. The van der Waals surface area contributed by atoms with Crippen molar-refractivity contribution >= 4 is 40.6 Å². The number of carboxylic acids is 1. The topological polar surface area (TPSA) is 176 Å². The number of ether oxygens (including phenoxy) is 2. The van der Waals surface area contributed by atoms with Gasteiger partial charge in [0, 0.05) is 30.5 Å². The molecule has 0 aliphatic carbocycles. The molecule has 2 unspecified atom stereocenters. The summed E-state index contributed by atoms with van der Waals surface area (Å²) in [5.41, 5.74) is 1.96. The predicted octanol–water partition coefficient (Wildman–Crippen LogP) is 4.43. The number of phenols is 1. The zero-order chi connectivity index (χ0) is 36.2. The number of carboxylic acid groups (broad SMARTS) is 1. The summed E-state index contributed by atoms with van der Waals surface area (Å²) < 4.78 is 11.3. The number of aromatic hydroxyl groups is 1. The Labute approximate surface area is 292 Å². The molecule has 270 valence electrons. The van der Waals surface area contributed by atoms with Crippen LogP contribution in [-0.4, -0.2) is 87.1 Å². The van der Waals surface area contributed by atoms with Crippen LogP contribution >= 0.6 is 0 Å². The number of aromatic nitrogens is 1. The van der Waals surface area contributed by atoms with E-state index < -0.39 is 47.9 Å². The van der Waals surface area contributed by atoms with E-state index in [0.717, 1.165) is 48.6 Å². The average molecular weight is 693 g/mol. The number of aliphatic carboxylic acids is 1. The fraction of sp³-hybridized carbons (Fsp3) is 0.568. The first-order valence-electron chi connectivity index (χ1n) is 17.6. The Balaban J connectivity index is 1.32. The van der Waals surface area contributed by atoms with E-state index in [-0.39, 0.29) is 49.6 Å². The van der Waals surface area contributed by atoms with Gasteiger partial charge in [-0.05, 0) is 62.7 Å². The quantitative estimate of drug-likeness (QED) is 0.168. The van der Waals surface area contributed by atoms with Gasteiger partial charge in [-0.25, -0.2) is 9.59 Å². The molecule has 0 spiro atoms. The molecule has 0 radical (unpaired) electrons. The number of hydrogen-bond acceptors (Lipinski definition) is 10. The van der Waals surface area contributed by atoms with Gasteiger partial charge in [0.25, 0.3) is 5.91 Å². The third kappa shape index (κ3) is 7.47. The molecule has 0 bridgehead atoms.